The maximum atomic E-state index is 11.5. The van der Waals surface area contributed by atoms with E-state index in [9.17, 15) is 4.79 Å². The number of allylic oxidation sites excluding steroid dienone is 1. The van der Waals surface area contributed by atoms with Crippen LogP contribution in [0.2, 0.25) is 0 Å². The molecule has 0 unspecified atom stereocenters. The van der Waals surface area contributed by atoms with Crippen molar-refractivity contribution in [1.29, 1.82) is 0 Å². The van der Waals surface area contributed by atoms with Crippen LogP contribution in [-0.4, -0.2) is 37.5 Å². The number of ketones is 1. The Kier molecular flexibility index (Phi) is 4.17. The van der Waals surface area contributed by atoms with Gasteiger partial charge in [0.1, 0.15) is 6.10 Å². The van der Waals surface area contributed by atoms with Crippen molar-refractivity contribution in [1.82, 2.24) is 0 Å². The van der Waals surface area contributed by atoms with Gasteiger partial charge in [-0.05, 0) is 12.2 Å². The van der Waals surface area contributed by atoms with Gasteiger partial charge in [-0.3, -0.25) is 4.79 Å². The minimum absolute atomic E-state index is 0.0565. The number of hydrogen-bond donors (Lipinski definition) is 0. The summed E-state index contributed by atoms with van der Waals surface area (Å²) in [5.41, 5.74) is -0.699. The highest BCUT2D eigenvalue weighted by atomic mass is 17.2. The van der Waals surface area contributed by atoms with Crippen LogP contribution in [-0.2, 0) is 24.0 Å². The fourth-order valence-electron chi connectivity index (χ4n) is 2.15. The molecule has 0 radical (unpaired) electrons. The summed E-state index contributed by atoms with van der Waals surface area (Å²) in [4.78, 5) is 22.4. The Morgan fingerprint density at radius 2 is 2.33 bits per heavy atom. The highest BCUT2D eigenvalue weighted by molar-refractivity contribution is 5.91. The number of methoxy groups -OCH3 is 1. The lowest BCUT2D eigenvalue weighted by atomic mass is 9.84. The molecule has 1 fully saturated rings. The number of carbonyl (C=O) groups excluding carboxylic acids is 1. The molecule has 3 atom stereocenters. The van der Waals surface area contributed by atoms with Crippen molar-refractivity contribution in [2.24, 2.45) is 5.92 Å². The average Bonchev–Trinajstić information content (AvgIpc) is 2.36. The lowest BCUT2D eigenvalue weighted by molar-refractivity contribution is -0.487. The SMILES string of the molecule is COCC[C@@]12C=CC(=O)C[C@@H]1O[C@H](C(C)C)OO2. The van der Waals surface area contributed by atoms with Crippen LogP contribution in [0.3, 0.4) is 0 Å². The van der Waals surface area contributed by atoms with Crippen LogP contribution < -0.4 is 0 Å². The van der Waals surface area contributed by atoms with Crippen LogP contribution in [0.5, 0.6) is 0 Å². The average molecular weight is 256 g/mol. The topological polar surface area (TPSA) is 54.0 Å². The fourth-order valence-corrected chi connectivity index (χ4v) is 2.15. The summed E-state index contributed by atoms with van der Waals surface area (Å²) < 4.78 is 10.9. The number of hydrogen-bond acceptors (Lipinski definition) is 5. The molecule has 0 spiro atoms. The second-order valence-corrected chi connectivity index (χ2v) is 5.12. The van der Waals surface area contributed by atoms with E-state index in [0.29, 0.717) is 19.4 Å². The maximum Gasteiger partial charge on any atom is 0.193 e. The zero-order chi connectivity index (χ0) is 13.2. The Morgan fingerprint density at radius 1 is 1.56 bits per heavy atom. The molecular formula is C13H20O5. The van der Waals surface area contributed by atoms with Crippen molar-refractivity contribution in [3.8, 4) is 0 Å². The van der Waals surface area contributed by atoms with Crippen LogP contribution in [0.4, 0.5) is 0 Å². The molecular weight excluding hydrogens is 236 g/mol. The van der Waals surface area contributed by atoms with Gasteiger partial charge in [0.05, 0.1) is 0 Å². The Morgan fingerprint density at radius 3 is 3.00 bits per heavy atom. The summed E-state index contributed by atoms with van der Waals surface area (Å²) in [6, 6.07) is 0. The van der Waals surface area contributed by atoms with Gasteiger partial charge in [0.15, 0.2) is 17.7 Å². The number of carbonyl (C=O) groups is 1. The van der Waals surface area contributed by atoms with Gasteiger partial charge >= 0.3 is 0 Å². The van der Waals surface area contributed by atoms with E-state index in [0.717, 1.165) is 0 Å². The molecule has 0 aromatic rings. The van der Waals surface area contributed by atoms with Gasteiger partial charge in [-0.2, -0.15) is 0 Å². The maximum absolute atomic E-state index is 11.5. The third kappa shape index (κ3) is 2.64. The predicted molar refractivity (Wildman–Crippen MR) is 63.7 cm³/mol. The lowest BCUT2D eigenvalue weighted by Crippen LogP contribution is -2.55. The first kappa shape index (κ1) is 13.7. The molecule has 2 rings (SSSR count). The monoisotopic (exact) mass is 256 g/mol. The summed E-state index contributed by atoms with van der Waals surface area (Å²) >= 11 is 0. The second-order valence-electron chi connectivity index (χ2n) is 5.12. The van der Waals surface area contributed by atoms with Gasteiger partial charge in [-0.15, -0.1) is 0 Å². The third-order valence-corrected chi connectivity index (χ3v) is 3.32. The number of ether oxygens (including phenoxy) is 2. The van der Waals surface area contributed by atoms with E-state index >= 15 is 0 Å². The first-order valence-corrected chi connectivity index (χ1v) is 6.28. The van der Waals surface area contributed by atoms with Crippen molar-refractivity contribution >= 4 is 5.78 Å². The standard InChI is InChI=1S/C13H20O5/c1-9(2)12-16-11-8-10(14)4-5-13(11,18-17-12)6-7-15-3/h4-5,9,11-12H,6-8H2,1-3H3/t11-,12-,13-/m0/s1. The third-order valence-electron chi connectivity index (χ3n) is 3.32. The molecule has 5 heteroatoms. The molecule has 0 aromatic carbocycles. The van der Waals surface area contributed by atoms with Crippen LogP contribution in [0.1, 0.15) is 26.7 Å². The minimum Gasteiger partial charge on any atom is -0.385 e. The summed E-state index contributed by atoms with van der Waals surface area (Å²) in [6.07, 6.45) is 3.47. The molecule has 1 saturated heterocycles. The van der Waals surface area contributed by atoms with Gasteiger partial charge in [-0.1, -0.05) is 13.8 Å². The molecule has 5 nitrogen and oxygen atoms in total. The quantitative estimate of drug-likeness (QED) is 0.715. The molecule has 18 heavy (non-hydrogen) atoms. The van der Waals surface area contributed by atoms with Gasteiger partial charge in [0.2, 0.25) is 0 Å². The van der Waals surface area contributed by atoms with E-state index in [1.54, 1.807) is 13.2 Å². The van der Waals surface area contributed by atoms with E-state index < -0.39 is 11.9 Å². The van der Waals surface area contributed by atoms with Gasteiger partial charge < -0.3 is 9.47 Å². The highest BCUT2D eigenvalue weighted by Crippen LogP contribution is 2.37. The molecule has 0 N–H and O–H groups in total. The minimum atomic E-state index is -0.699. The molecule has 1 heterocycles. The molecule has 0 aromatic heterocycles. The Labute approximate surface area is 107 Å². The zero-order valence-corrected chi connectivity index (χ0v) is 11.0. The normalized spacial score (nSPS) is 35.9. The van der Waals surface area contributed by atoms with Gasteiger partial charge in [0.25, 0.3) is 0 Å². The van der Waals surface area contributed by atoms with Gasteiger partial charge in [-0.25, -0.2) is 9.78 Å². The van der Waals surface area contributed by atoms with Crippen molar-refractivity contribution in [3.63, 3.8) is 0 Å². The molecule has 0 bridgehead atoms. The molecule has 102 valence electrons. The number of fused-ring (bicyclic) bond motifs is 1. The highest BCUT2D eigenvalue weighted by Gasteiger charge is 2.48. The molecule has 2 aliphatic rings. The Bertz CT molecular complexity index is 338. The molecule has 1 aliphatic carbocycles. The van der Waals surface area contributed by atoms with Crippen LogP contribution >= 0.6 is 0 Å². The van der Waals surface area contributed by atoms with E-state index in [2.05, 4.69) is 0 Å². The first-order valence-electron chi connectivity index (χ1n) is 6.28. The summed E-state index contributed by atoms with van der Waals surface area (Å²) in [5.74, 6) is 0.229. The molecule has 0 saturated carbocycles. The van der Waals surface area contributed by atoms with Crippen molar-refractivity contribution in [2.75, 3.05) is 13.7 Å². The van der Waals surface area contributed by atoms with Gasteiger partial charge in [0, 0.05) is 32.5 Å². The summed E-state index contributed by atoms with van der Waals surface area (Å²) in [5, 5.41) is 0. The van der Waals surface area contributed by atoms with Crippen LogP contribution in [0.25, 0.3) is 0 Å². The largest absolute Gasteiger partial charge is 0.385 e. The van der Waals surface area contributed by atoms with Crippen LogP contribution in [0.15, 0.2) is 12.2 Å². The Hall–Kier alpha value is -0.750. The van der Waals surface area contributed by atoms with E-state index in [4.69, 9.17) is 19.2 Å². The molecule has 1 aliphatic heterocycles. The predicted octanol–water partition coefficient (Wildman–Crippen LogP) is 1.62. The van der Waals surface area contributed by atoms with Crippen molar-refractivity contribution < 1.29 is 24.0 Å². The molecule has 0 amide bonds. The summed E-state index contributed by atoms with van der Waals surface area (Å²) in [6.45, 7) is 4.49. The van der Waals surface area contributed by atoms with Crippen molar-refractivity contribution in [3.05, 3.63) is 12.2 Å². The Balaban J connectivity index is 2.14. The van der Waals surface area contributed by atoms with Crippen molar-refractivity contribution in [2.45, 2.75) is 44.7 Å². The summed E-state index contributed by atoms with van der Waals surface area (Å²) in [7, 11) is 1.63. The first-order chi connectivity index (χ1) is 8.57. The second kappa shape index (κ2) is 5.48. The smallest absolute Gasteiger partial charge is 0.193 e. The van der Waals surface area contributed by atoms with E-state index in [1.807, 2.05) is 13.8 Å². The zero-order valence-electron chi connectivity index (χ0n) is 11.0. The van der Waals surface area contributed by atoms with E-state index in [1.165, 1.54) is 6.08 Å². The fraction of sp³-hybridized carbons (Fsp3) is 0.769. The lowest BCUT2D eigenvalue weighted by Gasteiger charge is -2.45. The number of rotatable bonds is 4. The van der Waals surface area contributed by atoms with Crippen LogP contribution in [0, 0.1) is 5.92 Å². The van der Waals surface area contributed by atoms with E-state index in [-0.39, 0.29) is 17.8 Å².